The number of hydrogen-bond acceptors (Lipinski definition) is 4. The van der Waals surface area contributed by atoms with Crippen LogP contribution in [-0.4, -0.2) is 19.6 Å². The van der Waals surface area contributed by atoms with Gasteiger partial charge in [-0.2, -0.15) is 14.8 Å². The molecule has 0 atom stereocenters. The quantitative estimate of drug-likeness (QED) is 0.672. The third-order valence-corrected chi connectivity index (χ3v) is 1.75. The molecule has 2 heterocycles. The van der Waals surface area contributed by atoms with Crippen LogP contribution in [0.4, 0.5) is 0 Å². The van der Waals surface area contributed by atoms with Gasteiger partial charge in [0.15, 0.2) is 0 Å². The van der Waals surface area contributed by atoms with Crippen molar-refractivity contribution in [3.8, 4) is 6.07 Å². The molecule has 0 aliphatic carbocycles. The highest BCUT2D eigenvalue weighted by Crippen LogP contribution is 1.96. The lowest BCUT2D eigenvalue weighted by atomic mass is 10.4. The first kappa shape index (κ1) is 8.44. The van der Waals surface area contributed by atoms with Crippen LogP contribution in [0.1, 0.15) is 11.5 Å². The molecule has 6 nitrogen and oxygen atoms in total. The van der Waals surface area contributed by atoms with Crippen LogP contribution in [0.5, 0.6) is 0 Å². The Morgan fingerprint density at radius 2 is 2.43 bits per heavy atom. The Bertz CT molecular complexity index is 573. The maximum absolute atomic E-state index is 11.4. The molecule has 70 valence electrons. The van der Waals surface area contributed by atoms with Crippen LogP contribution in [0.15, 0.2) is 10.9 Å². The summed E-state index contributed by atoms with van der Waals surface area (Å²) < 4.78 is 1.22. The molecule has 6 heteroatoms. The Labute approximate surface area is 78.8 Å². The number of H-pyrrole nitrogens is 1. The number of fused-ring (bicyclic) bond motifs is 1. The first-order chi connectivity index (χ1) is 6.70. The summed E-state index contributed by atoms with van der Waals surface area (Å²) in [6.07, 6.45) is 0.141. The average molecular weight is 189 g/mol. The van der Waals surface area contributed by atoms with Crippen molar-refractivity contribution < 1.29 is 0 Å². The van der Waals surface area contributed by atoms with E-state index in [4.69, 9.17) is 5.26 Å². The molecule has 0 bridgehead atoms. The first-order valence-corrected chi connectivity index (χ1v) is 4.03. The summed E-state index contributed by atoms with van der Waals surface area (Å²) in [6, 6.07) is 3.35. The highest BCUT2D eigenvalue weighted by atomic mass is 16.1. The molecule has 0 aliphatic heterocycles. The standard InChI is InChI=1S/C8H7N5O/c1-5-4-7(14)13-8(10-5)11-6(12-13)2-3-9/h4H,2H2,1H3,(H,10,11,12). The fraction of sp³-hybridized carbons (Fsp3) is 0.250. The van der Waals surface area contributed by atoms with E-state index in [-0.39, 0.29) is 12.0 Å². The molecule has 2 aromatic rings. The van der Waals surface area contributed by atoms with E-state index in [1.54, 1.807) is 6.92 Å². The number of nitrogens with one attached hydrogen (secondary N) is 1. The molecular formula is C8H7N5O. The van der Waals surface area contributed by atoms with Crippen molar-refractivity contribution in [3.63, 3.8) is 0 Å². The van der Waals surface area contributed by atoms with Gasteiger partial charge < -0.3 is 0 Å². The number of rotatable bonds is 1. The molecular weight excluding hydrogens is 182 g/mol. The normalized spacial score (nSPS) is 10.3. The number of nitrogens with zero attached hydrogens (tertiary/aromatic N) is 4. The van der Waals surface area contributed by atoms with E-state index >= 15 is 0 Å². The van der Waals surface area contributed by atoms with E-state index < -0.39 is 0 Å². The van der Waals surface area contributed by atoms with Gasteiger partial charge in [0.05, 0.1) is 12.5 Å². The summed E-state index contributed by atoms with van der Waals surface area (Å²) in [4.78, 5) is 19.4. The Kier molecular flexibility index (Phi) is 1.78. The van der Waals surface area contributed by atoms with Crippen molar-refractivity contribution in [1.29, 1.82) is 5.26 Å². The zero-order valence-corrected chi connectivity index (χ0v) is 7.48. The second-order valence-corrected chi connectivity index (χ2v) is 2.88. The van der Waals surface area contributed by atoms with Crippen molar-refractivity contribution in [2.75, 3.05) is 0 Å². The molecule has 0 spiro atoms. The van der Waals surface area contributed by atoms with Crippen LogP contribution in [0.25, 0.3) is 5.78 Å². The van der Waals surface area contributed by atoms with Crippen LogP contribution in [0.3, 0.4) is 0 Å². The second-order valence-electron chi connectivity index (χ2n) is 2.88. The van der Waals surface area contributed by atoms with Gasteiger partial charge >= 0.3 is 0 Å². The zero-order valence-electron chi connectivity index (χ0n) is 7.48. The predicted molar refractivity (Wildman–Crippen MR) is 47.7 cm³/mol. The minimum atomic E-state index is -0.218. The molecule has 0 unspecified atom stereocenters. The molecule has 0 saturated heterocycles. The highest BCUT2D eigenvalue weighted by molar-refractivity contribution is 5.28. The van der Waals surface area contributed by atoms with Gasteiger partial charge in [-0.15, -0.1) is 0 Å². The molecule has 14 heavy (non-hydrogen) atoms. The zero-order chi connectivity index (χ0) is 10.1. The van der Waals surface area contributed by atoms with Crippen LogP contribution < -0.4 is 5.56 Å². The largest absolute Gasteiger partial charge is 0.274 e. The molecule has 0 amide bonds. The molecule has 0 radical (unpaired) electrons. The number of aryl methyl sites for hydroxylation is 1. The van der Waals surface area contributed by atoms with Crippen molar-refractivity contribution >= 4 is 5.78 Å². The highest BCUT2D eigenvalue weighted by Gasteiger charge is 2.05. The van der Waals surface area contributed by atoms with Gasteiger partial charge in [0.1, 0.15) is 5.82 Å². The van der Waals surface area contributed by atoms with E-state index in [0.29, 0.717) is 17.3 Å². The summed E-state index contributed by atoms with van der Waals surface area (Å²) in [6.45, 7) is 1.72. The van der Waals surface area contributed by atoms with E-state index in [9.17, 15) is 4.79 Å². The van der Waals surface area contributed by atoms with Crippen LogP contribution >= 0.6 is 0 Å². The maximum Gasteiger partial charge on any atom is 0.274 e. The Hall–Kier alpha value is -2.16. The second kappa shape index (κ2) is 2.96. The molecule has 0 saturated carbocycles. The van der Waals surface area contributed by atoms with Crippen molar-refractivity contribution in [1.82, 2.24) is 19.6 Å². The number of hydrogen-bond donors (Lipinski definition) is 1. The van der Waals surface area contributed by atoms with Gasteiger partial charge in [-0.1, -0.05) is 0 Å². The number of nitriles is 1. The van der Waals surface area contributed by atoms with Gasteiger partial charge in [0, 0.05) is 11.8 Å². The monoisotopic (exact) mass is 189 g/mol. The van der Waals surface area contributed by atoms with Gasteiger partial charge in [0.25, 0.3) is 11.3 Å². The first-order valence-electron chi connectivity index (χ1n) is 4.03. The van der Waals surface area contributed by atoms with E-state index in [1.807, 2.05) is 6.07 Å². The summed E-state index contributed by atoms with van der Waals surface area (Å²) in [5.41, 5.74) is 0.397. The predicted octanol–water partition coefficient (Wildman–Crippen LogP) is -0.208. The van der Waals surface area contributed by atoms with Crippen LogP contribution in [-0.2, 0) is 6.42 Å². The molecule has 0 aromatic carbocycles. The van der Waals surface area contributed by atoms with Crippen molar-refractivity contribution in [2.24, 2.45) is 0 Å². The lowest BCUT2D eigenvalue weighted by Gasteiger charge is -1.90. The SMILES string of the molecule is Cc1cc(=O)n2[nH]c(CC#N)nc2n1. The van der Waals surface area contributed by atoms with E-state index in [2.05, 4.69) is 15.1 Å². The summed E-state index contributed by atoms with van der Waals surface area (Å²) >= 11 is 0. The van der Waals surface area contributed by atoms with E-state index in [0.717, 1.165) is 0 Å². The van der Waals surface area contributed by atoms with Gasteiger partial charge in [-0.05, 0) is 6.92 Å². The Morgan fingerprint density at radius 3 is 3.14 bits per heavy atom. The number of aromatic nitrogens is 4. The smallest absolute Gasteiger partial charge is 0.274 e. The molecule has 2 rings (SSSR count). The van der Waals surface area contributed by atoms with Crippen LogP contribution in [0, 0.1) is 18.3 Å². The fourth-order valence-electron chi connectivity index (χ4n) is 1.19. The molecule has 0 aliphatic rings. The van der Waals surface area contributed by atoms with Gasteiger partial charge in [-0.25, -0.2) is 4.98 Å². The summed E-state index contributed by atoms with van der Waals surface area (Å²) in [5.74, 6) is 0.753. The fourth-order valence-corrected chi connectivity index (χ4v) is 1.19. The molecule has 1 N–H and O–H groups in total. The maximum atomic E-state index is 11.4. The average Bonchev–Trinajstić information content (AvgIpc) is 2.48. The van der Waals surface area contributed by atoms with Crippen LogP contribution in [0.2, 0.25) is 0 Å². The third kappa shape index (κ3) is 1.25. The topological polar surface area (TPSA) is 86.8 Å². The third-order valence-electron chi connectivity index (χ3n) is 1.75. The van der Waals surface area contributed by atoms with Crippen molar-refractivity contribution in [2.45, 2.75) is 13.3 Å². The number of aromatic amines is 1. The summed E-state index contributed by atoms with van der Waals surface area (Å²) in [5, 5.41) is 11.2. The molecule has 2 aromatic heterocycles. The Balaban J connectivity index is 2.72. The van der Waals surface area contributed by atoms with Gasteiger partial charge in [0.2, 0.25) is 0 Å². The molecule has 0 fully saturated rings. The Morgan fingerprint density at radius 1 is 1.64 bits per heavy atom. The lowest BCUT2D eigenvalue weighted by molar-refractivity contribution is 0.863. The lowest BCUT2D eigenvalue weighted by Crippen LogP contribution is -2.14. The minimum absolute atomic E-state index is 0.141. The summed E-state index contributed by atoms with van der Waals surface area (Å²) in [7, 11) is 0. The van der Waals surface area contributed by atoms with Gasteiger partial charge in [-0.3, -0.25) is 9.89 Å². The van der Waals surface area contributed by atoms with Crippen molar-refractivity contribution in [3.05, 3.63) is 27.9 Å². The minimum Gasteiger partial charge on any atom is -0.274 e. The van der Waals surface area contributed by atoms with E-state index in [1.165, 1.54) is 10.6 Å².